The number of hydrogen-bond donors (Lipinski definition) is 1. The van der Waals surface area contributed by atoms with Gasteiger partial charge in [-0.3, -0.25) is 4.79 Å². The normalized spacial score (nSPS) is 12.9. The summed E-state index contributed by atoms with van der Waals surface area (Å²) >= 11 is 0. The van der Waals surface area contributed by atoms with Gasteiger partial charge in [0.05, 0.1) is 5.69 Å². The Kier molecular flexibility index (Phi) is 3.51. The van der Waals surface area contributed by atoms with Gasteiger partial charge in [0.25, 0.3) is 5.91 Å². The summed E-state index contributed by atoms with van der Waals surface area (Å²) in [5.74, 6) is 0.660. The Bertz CT molecular complexity index is 334. The molecule has 1 aromatic rings. The zero-order chi connectivity index (χ0) is 10.6. The van der Waals surface area contributed by atoms with Gasteiger partial charge in [-0.25, -0.2) is 0 Å². The molecule has 3 nitrogen and oxygen atoms in total. The molecule has 1 aromatic carbocycles. The first-order valence-electron chi connectivity index (χ1n) is 4.79. The quantitative estimate of drug-likeness (QED) is 0.686. The molecular formula is C11H15NO2. The van der Waals surface area contributed by atoms with Crippen LogP contribution in [-0.4, -0.2) is 12.5 Å². The molecule has 0 aliphatic carbocycles. The molecule has 1 aliphatic heterocycles. The second-order valence-corrected chi connectivity index (χ2v) is 2.84. The van der Waals surface area contributed by atoms with Crippen LogP contribution in [0.2, 0.25) is 0 Å². The molecule has 2 rings (SSSR count). The summed E-state index contributed by atoms with van der Waals surface area (Å²) in [4.78, 5) is 10.9. The fraction of sp³-hybridized carbons (Fsp3) is 0.364. The van der Waals surface area contributed by atoms with Gasteiger partial charge < -0.3 is 10.1 Å². The van der Waals surface area contributed by atoms with Gasteiger partial charge in [-0.1, -0.05) is 19.9 Å². The van der Waals surface area contributed by atoms with E-state index in [1.165, 1.54) is 0 Å². The second kappa shape index (κ2) is 4.65. The fourth-order valence-electron chi connectivity index (χ4n) is 1.20. The van der Waals surface area contributed by atoms with Crippen LogP contribution in [0.3, 0.4) is 0 Å². The van der Waals surface area contributed by atoms with Crippen molar-refractivity contribution in [1.82, 2.24) is 0 Å². The van der Waals surface area contributed by atoms with Crippen LogP contribution in [0, 0.1) is 6.92 Å². The van der Waals surface area contributed by atoms with Gasteiger partial charge in [0.2, 0.25) is 0 Å². The SMILES string of the molecule is CC.Cc1ccc2c(c1)NC(=O)CO2. The van der Waals surface area contributed by atoms with Gasteiger partial charge in [-0.15, -0.1) is 0 Å². The molecule has 0 saturated heterocycles. The lowest BCUT2D eigenvalue weighted by Crippen LogP contribution is -2.25. The van der Waals surface area contributed by atoms with Crippen LogP contribution in [0.4, 0.5) is 5.69 Å². The number of ether oxygens (including phenoxy) is 1. The summed E-state index contributed by atoms with van der Waals surface area (Å²) in [5.41, 5.74) is 1.88. The standard InChI is InChI=1S/C9H9NO2.C2H6/c1-6-2-3-8-7(4-6)10-9(11)5-12-8;1-2/h2-4H,5H2,1H3,(H,10,11);1-2H3. The Hall–Kier alpha value is -1.51. The molecular weight excluding hydrogens is 178 g/mol. The highest BCUT2D eigenvalue weighted by molar-refractivity contribution is 5.95. The van der Waals surface area contributed by atoms with Crippen LogP contribution in [0.5, 0.6) is 5.75 Å². The number of amides is 1. The fourth-order valence-corrected chi connectivity index (χ4v) is 1.20. The zero-order valence-corrected chi connectivity index (χ0v) is 8.76. The van der Waals surface area contributed by atoms with Gasteiger partial charge in [0.1, 0.15) is 5.75 Å². The van der Waals surface area contributed by atoms with Gasteiger partial charge in [-0.05, 0) is 24.6 Å². The van der Waals surface area contributed by atoms with E-state index in [1.807, 2.05) is 39.0 Å². The number of carbonyl (C=O) groups excluding carboxylic acids is 1. The van der Waals surface area contributed by atoms with Crippen LogP contribution < -0.4 is 10.1 Å². The van der Waals surface area contributed by atoms with E-state index < -0.39 is 0 Å². The predicted octanol–water partition coefficient (Wildman–Crippen LogP) is 2.35. The molecule has 0 bridgehead atoms. The lowest BCUT2D eigenvalue weighted by Gasteiger charge is -2.17. The number of fused-ring (bicyclic) bond motifs is 1. The molecule has 1 N–H and O–H groups in total. The predicted molar refractivity (Wildman–Crippen MR) is 56.7 cm³/mol. The Morgan fingerprint density at radius 3 is 2.79 bits per heavy atom. The van der Waals surface area contributed by atoms with E-state index in [-0.39, 0.29) is 12.5 Å². The van der Waals surface area contributed by atoms with E-state index in [1.54, 1.807) is 0 Å². The molecule has 0 aromatic heterocycles. The average molecular weight is 193 g/mol. The number of hydrogen-bond acceptors (Lipinski definition) is 2. The van der Waals surface area contributed by atoms with E-state index in [9.17, 15) is 4.79 Å². The lowest BCUT2D eigenvalue weighted by molar-refractivity contribution is -0.118. The largest absolute Gasteiger partial charge is 0.482 e. The molecule has 0 unspecified atom stereocenters. The van der Waals surface area contributed by atoms with Crippen LogP contribution in [0.25, 0.3) is 0 Å². The number of nitrogens with one attached hydrogen (secondary N) is 1. The van der Waals surface area contributed by atoms with Crippen molar-refractivity contribution in [2.75, 3.05) is 11.9 Å². The molecule has 1 amide bonds. The van der Waals surface area contributed by atoms with E-state index >= 15 is 0 Å². The summed E-state index contributed by atoms with van der Waals surface area (Å²) in [6, 6.07) is 5.72. The maximum Gasteiger partial charge on any atom is 0.262 e. The van der Waals surface area contributed by atoms with Crippen molar-refractivity contribution in [3.63, 3.8) is 0 Å². The minimum Gasteiger partial charge on any atom is -0.482 e. The molecule has 0 saturated carbocycles. The summed E-state index contributed by atoms with van der Waals surface area (Å²) < 4.78 is 5.18. The van der Waals surface area contributed by atoms with Crippen LogP contribution in [-0.2, 0) is 4.79 Å². The first-order valence-corrected chi connectivity index (χ1v) is 4.79. The topological polar surface area (TPSA) is 38.3 Å². The molecule has 0 fully saturated rings. The van der Waals surface area contributed by atoms with Crippen molar-refractivity contribution in [3.8, 4) is 5.75 Å². The third-order valence-electron chi connectivity index (χ3n) is 1.77. The maximum absolute atomic E-state index is 10.9. The first-order chi connectivity index (χ1) is 6.75. The molecule has 14 heavy (non-hydrogen) atoms. The van der Waals surface area contributed by atoms with Crippen LogP contribution in [0.15, 0.2) is 18.2 Å². The average Bonchev–Trinajstić information content (AvgIpc) is 2.20. The maximum atomic E-state index is 10.9. The molecule has 1 aliphatic rings. The van der Waals surface area contributed by atoms with E-state index in [4.69, 9.17) is 4.74 Å². The Morgan fingerprint density at radius 1 is 1.36 bits per heavy atom. The molecule has 3 heteroatoms. The van der Waals surface area contributed by atoms with Gasteiger partial charge in [0.15, 0.2) is 6.61 Å². The van der Waals surface area contributed by atoms with E-state index in [0.717, 1.165) is 17.0 Å². The van der Waals surface area contributed by atoms with Crippen molar-refractivity contribution < 1.29 is 9.53 Å². The Labute approximate surface area is 84.1 Å². The summed E-state index contributed by atoms with van der Waals surface area (Å²) in [6.45, 7) is 6.09. The third kappa shape index (κ3) is 2.25. The highest BCUT2D eigenvalue weighted by Crippen LogP contribution is 2.27. The monoisotopic (exact) mass is 193 g/mol. The van der Waals surface area contributed by atoms with Gasteiger partial charge >= 0.3 is 0 Å². The van der Waals surface area contributed by atoms with Crippen LogP contribution >= 0.6 is 0 Å². The Balaban J connectivity index is 0.000000461. The highest BCUT2D eigenvalue weighted by atomic mass is 16.5. The van der Waals surface area contributed by atoms with Gasteiger partial charge in [0, 0.05) is 0 Å². The van der Waals surface area contributed by atoms with Crippen molar-refractivity contribution in [2.45, 2.75) is 20.8 Å². The second-order valence-electron chi connectivity index (χ2n) is 2.84. The number of benzene rings is 1. The number of aryl methyl sites for hydroxylation is 1. The minimum atomic E-state index is -0.0897. The highest BCUT2D eigenvalue weighted by Gasteiger charge is 2.14. The zero-order valence-electron chi connectivity index (χ0n) is 8.76. The molecule has 0 spiro atoms. The van der Waals surface area contributed by atoms with Crippen LogP contribution in [0.1, 0.15) is 19.4 Å². The smallest absolute Gasteiger partial charge is 0.262 e. The minimum absolute atomic E-state index is 0.0897. The lowest BCUT2D eigenvalue weighted by atomic mass is 10.2. The van der Waals surface area contributed by atoms with Crippen molar-refractivity contribution in [2.24, 2.45) is 0 Å². The van der Waals surface area contributed by atoms with E-state index in [2.05, 4.69) is 5.32 Å². The number of anilines is 1. The summed E-state index contributed by atoms with van der Waals surface area (Å²) in [7, 11) is 0. The summed E-state index contributed by atoms with van der Waals surface area (Å²) in [5, 5.41) is 2.74. The van der Waals surface area contributed by atoms with Crippen molar-refractivity contribution in [3.05, 3.63) is 23.8 Å². The first kappa shape index (κ1) is 10.6. The summed E-state index contributed by atoms with van der Waals surface area (Å²) in [6.07, 6.45) is 0. The molecule has 1 heterocycles. The molecule has 76 valence electrons. The number of rotatable bonds is 0. The van der Waals surface area contributed by atoms with Gasteiger partial charge in [-0.2, -0.15) is 0 Å². The van der Waals surface area contributed by atoms with Crippen molar-refractivity contribution >= 4 is 11.6 Å². The molecule has 0 atom stereocenters. The third-order valence-corrected chi connectivity index (χ3v) is 1.77. The molecule has 0 radical (unpaired) electrons. The number of carbonyl (C=O) groups is 1. The Morgan fingerprint density at radius 2 is 2.07 bits per heavy atom. The van der Waals surface area contributed by atoms with Crippen molar-refractivity contribution in [1.29, 1.82) is 0 Å². The van der Waals surface area contributed by atoms with E-state index in [0.29, 0.717) is 0 Å².